The predicted octanol–water partition coefficient (Wildman–Crippen LogP) is -0.0306. The molecule has 2 unspecified atom stereocenters. The van der Waals surface area contributed by atoms with Gasteiger partial charge in [-0.3, -0.25) is 9.69 Å². The van der Waals surface area contributed by atoms with Gasteiger partial charge in [-0.1, -0.05) is 0 Å². The molecule has 1 saturated heterocycles. The Balaban J connectivity index is 2.65. The number of carbonyl (C=O) groups is 1. The summed E-state index contributed by atoms with van der Waals surface area (Å²) < 4.78 is 5.22. The van der Waals surface area contributed by atoms with Gasteiger partial charge in [-0.25, -0.2) is 0 Å². The van der Waals surface area contributed by atoms with Crippen LogP contribution in [-0.2, 0) is 9.53 Å². The maximum atomic E-state index is 11.1. The minimum Gasteiger partial charge on any atom is -0.380 e. The smallest absolute Gasteiger partial charge is 0.234 e. The fourth-order valence-corrected chi connectivity index (χ4v) is 1.84. The van der Waals surface area contributed by atoms with Crippen molar-refractivity contribution >= 4 is 5.91 Å². The van der Waals surface area contributed by atoms with E-state index in [1.54, 1.807) is 7.11 Å². The number of hydrogen-bond donors (Lipinski definition) is 1. The van der Waals surface area contributed by atoms with E-state index >= 15 is 0 Å². The predicted molar refractivity (Wildman–Crippen MR) is 50.2 cm³/mol. The monoisotopic (exact) mass is 186 g/mol. The van der Waals surface area contributed by atoms with Gasteiger partial charge in [0.1, 0.15) is 0 Å². The first-order valence-corrected chi connectivity index (χ1v) is 4.64. The van der Waals surface area contributed by atoms with E-state index in [1.165, 1.54) is 0 Å². The van der Waals surface area contributed by atoms with E-state index in [2.05, 4.69) is 18.7 Å². The minimum atomic E-state index is -0.242. The lowest BCUT2D eigenvalue weighted by Crippen LogP contribution is -2.43. The molecule has 0 aromatic heterocycles. The maximum Gasteiger partial charge on any atom is 0.234 e. The molecule has 1 amide bonds. The lowest BCUT2D eigenvalue weighted by Gasteiger charge is -2.25. The van der Waals surface area contributed by atoms with Crippen molar-refractivity contribution in [3.05, 3.63) is 0 Å². The summed E-state index contributed by atoms with van der Waals surface area (Å²) >= 11 is 0. The number of nitrogens with zero attached hydrogens (tertiary/aromatic N) is 1. The highest BCUT2D eigenvalue weighted by Gasteiger charge is 2.36. The van der Waals surface area contributed by atoms with Gasteiger partial charge in [0.25, 0.3) is 0 Å². The van der Waals surface area contributed by atoms with E-state index in [4.69, 9.17) is 10.5 Å². The van der Waals surface area contributed by atoms with Gasteiger partial charge in [0.2, 0.25) is 5.91 Å². The molecule has 0 aromatic rings. The Morgan fingerprint density at radius 1 is 1.62 bits per heavy atom. The van der Waals surface area contributed by atoms with Gasteiger partial charge in [0.05, 0.1) is 12.1 Å². The van der Waals surface area contributed by atoms with Crippen molar-refractivity contribution in [1.29, 1.82) is 0 Å². The molecule has 13 heavy (non-hydrogen) atoms. The Bertz CT molecular complexity index is 194. The first kappa shape index (κ1) is 10.5. The maximum absolute atomic E-state index is 11.1. The first-order valence-electron chi connectivity index (χ1n) is 4.64. The van der Waals surface area contributed by atoms with E-state index < -0.39 is 0 Å². The van der Waals surface area contributed by atoms with Gasteiger partial charge in [-0.2, -0.15) is 0 Å². The van der Waals surface area contributed by atoms with Crippen molar-refractivity contribution in [2.75, 3.05) is 13.7 Å². The van der Waals surface area contributed by atoms with Gasteiger partial charge in [0, 0.05) is 19.7 Å². The van der Waals surface area contributed by atoms with Crippen molar-refractivity contribution in [2.45, 2.75) is 38.5 Å². The number of methoxy groups -OCH3 is 1. The van der Waals surface area contributed by atoms with Gasteiger partial charge < -0.3 is 10.5 Å². The minimum absolute atomic E-state index is 0.148. The van der Waals surface area contributed by atoms with Crippen molar-refractivity contribution in [3.63, 3.8) is 0 Å². The van der Waals surface area contributed by atoms with E-state index in [0.29, 0.717) is 6.04 Å². The van der Waals surface area contributed by atoms with Gasteiger partial charge >= 0.3 is 0 Å². The molecular formula is C9H18N2O2. The van der Waals surface area contributed by atoms with Crippen LogP contribution >= 0.6 is 0 Å². The molecule has 1 aliphatic rings. The van der Waals surface area contributed by atoms with Crippen LogP contribution in [0, 0.1) is 0 Å². The lowest BCUT2D eigenvalue weighted by molar-refractivity contribution is -0.122. The lowest BCUT2D eigenvalue weighted by atomic mass is 10.2. The van der Waals surface area contributed by atoms with E-state index in [1.807, 2.05) is 0 Å². The standard InChI is InChI=1S/C9H18N2O2/c1-6(2)11-5-7(13-3)4-8(11)9(10)12/h6-8H,4-5H2,1-3H3,(H2,10,12). The summed E-state index contributed by atoms with van der Waals surface area (Å²) in [5.41, 5.74) is 5.31. The fraction of sp³-hybridized carbons (Fsp3) is 0.889. The number of ether oxygens (including phenoxy) is 1. The summed E-state index contributed by atoms with van der Waals surface area (Å²) in [6.45, 7) is 4.93. The van der Waals surface area contributed by atoms with Crippen LogP contribution in [0.15, 0.2) is 0 Å². The number of carbonyl (C=O) groups excluding carboxylic acids is 1. The molecule has 0 spiro atoms. The normalized spacial score (nSPS) is 29.8. The zero-order valence-corrected chi connectivity index (χ0v) is 8.49. The number of nitrogens with two attached hydrogens (primary N) is 1. The van der Waals surface area contributed by atoms with Gasteiger partial charge in [0.15, 0.2) is 0 Å². The van der Waals surface area contributed by atoms with Crippen molar-refractivity contribution in [1.82, 2.24) is 4.90 Å². The Morgan fingerprint density at radius 3 is 2.54 bits per heavy atom. The molecule has 0 aliphatic carbocycles. The zero-order valence-electron chi connectivity index (χ0n) is 8.49. The van der Waals surface area contributed by atoms with Crippen LogP contribution < -0.4 is 5.73 Å². The average molecular weight is 186 g/mol. The summed E-state index contributed by atoms with van der Waals surface area (Å²) in [6.07, 6.45) is 0.879. The van der Waals surface area contributed by atoms with E-state index in [0.717, 1.165) is 13.0 Å². The molecule has 1 fully saturated rings. The van der Waals surface area contributed by atoms with Crippen LogP contribution in [0.4, 0.5) is 0 Å². The zero-order chi connectivity index (χ0) is 10.0. The second-order valence-corrected chi connectivity index (χ2v) is 3.80. The third kappa shape index (κ3) is 2.19. The van der Waals surface area contributed by atoms with Crippen LogP contribution in [0.5, 0.6) is 0 Å². The molecule has 1 aliphatic heterocycles. The largest absolute Gasteiger partial charge is 0.380 e. The van der Waals surface area contributed by atoms with Crippen LogP contribution in [0.25, 0.3) is 0 Å². The molecule has 4 heteroatoms. The summed E-state index contributed by atoms with van der Waals surface area (Å²) in [7, 11) is 1.67. The SMILES string of the molecule is COC1CC(C(N)=O)N(C(C)C)C1. The molecule has 0 aromatic carbocycles. The van der Waals surface area contributed by atoms with Crippen molar-refractivity contribution < 1.29 is 9.53 Å². The Labute approximate surface area is 79.0 Å². The molecule has 1 rings (SSSR count). The van der Waals surface area contributed by atoms with Crippen LogP contribution in [0.2, 0.25) is 0 Å². The molecule has 0 radical (unpaired) electrons. The highest BCUT2D eigenvalue weighted by Crippen LogP contribution is 2.21. The molecule has 1 heterocycles. The van der Waals surface area contributed by atoms with E-state index in [9.17, 15) is 4.79 Å². The topological polar surface area (TPSA) is 55.6 Å². The summed E-state index contributed by atoms with van der Waals surface area (Å²) in [4.78, 5) is 13.2. The fourth-order valence-electron chi connectivity index (χ4n) is 1.84. The second kappa shape index (κ2) is 4.07. The molecule has 76 valence electrons. The molecule has 2 atom stereocenters. The van der Waals surface area contributed by atoms with Crippen LogP contribution in [0.1, 0.15) is 20.3 Å². The number of likely N-dealkylation sites (tertiary alicyclic amines) is 1. The number of hydrogen-bond acceptors (Lipinski definition) is 3. The molecular weight excluding hydrogens is 168 g/mol. The summed E-state index contributed by atoms with van der Waals surface area (Å²) in [5, 5.41) is 0. The quantitative estimate of drug-likeness (QED) is 0.673. The molecule has 2 N–H and O–H groups in total. The second-order valence-electron chi connectivity index (χ2n) is 3.80. The van der Waals surface area contributed by atoms with Crippen molar-refractivity contribution in [2.24, 2.45) is 5.73 Å². The highest BCUT2D eigenvalue weighted by atomic mass is 16.5. The molecule has 4 nitrogen and oxygen atoms in total. The highest BCUT2D eigenvalue weighted by molar-refractivity contribution is 5.80. The molecule has 0 saturated carbocycles. The Morgan fingerprint density at radius 2 is 2.23 bits per heavy atom. The third-order valence-corrected chi connectivity index (χ3v) is 2.63. The molecule has 0 bridgehead atoms. The number of amides is 1. The van der Waals surface area contributed by atoms with Gasteiger partial charge in [-0.05, 0) is 20.3 Å². The van der Waals surface area contributed by atoms with E-state index in [-0.39, 0.29) is 18.1 Å². The number of primary amides is 1. The first-order chi connectivity index (χ1) is 6.06. The average Bonchev–Trinajstić information content (AvgIpc) is 2.47. The summed E-state index contributed by atoms with van der Waals surface area (Å²) in [6, 6.07) is 0.197. The van der Waals surface area contributed by atoms with Crippen molar-refractivity contribution in [3.8, 4) is 0 Å². The Kier molecular flexibility index (Phi) is 3.27. The Hall–Kier alpha value is -0.610. The third-order valence-electron chi connectivity index (χ3n) is 2.63. The van der Waals surface area contributed by atoms with Crippen LogP contribution in [0.3, 0.4) is 0 Å². The number of rotatable bonds is 3. The van der Waals surface area contributed by atoms with Gasteiger partial charge in [-0.15, -0.1) is 0 Å². The van der Waals surface area contributed by atoms with Crippen LogP contribution in [-0.4, -0.2) is 42.6 Å². The summed E-state index contributed by atoms with van der Waals surface area (Å²) in [5.74, 6) is -0.242.